The number of rotatable bonds is 3. The van der Waals surface area contributed by atoms with E-state index in [0.717, 1.165) is 5.69 Å². The number of pyridine rings is 1. The molecular weight excluding hydrogens is 174 g/mol. The fourth-order valence-electron chi connectivity index (χ4n) is 0.775. The summed E-state index contributed by atoms with van der Waals surface area (Å²) in [5, 5.41) is 11.8. The molecule has 0 spiro atoms. The zero-order valence-corrected chi connectivity index (χ0v) is 7.17. The lowest BCUT2D eigenvalue weighted by Gasteiger charge is -2.02. The van der Waals surface area contributed by atoms with E-state index in [4.69, 9.17) is 16.9 Å². The van der Waals surface area contributed by atoms with Crippen molar-refractivity contribution in [1.29, 1.82) is 5.26 Å². The Kier molecular flexibility index (Phi) is 3.36. The maximum atomic E-state index is 8.27. The van der Waals surface area contributed by atoms with Gasteiger partial charge < -0.3 is 5.32 Å². The number of anilines is 1. The van der Waals surface area contributed by atoms with Crippen LogP contribution in [0.25, 0.3) is 0 Å². The van der Waals surface area contributed by atoms with Crippen molar-refractivity contribution in [2.45, 2.75) is 6.42 Å². The molecule has 1 N–H and O–H groups in total. The van der Waals surface area contributed by atoms with Crippen LogP contribution in [0.4, 0.5) is 5.69 Å². The first-order valence-electron chi connectivity index (χ1n) is 3.55. The zero-order valence-electron chi connectivity index (χ0n) is 6.42. The third kappa shape index (κ3) is 2.77. The zero-order chi connectivity index (χ0) is 8.81. The van der Waals surface area contributed by atoms with Crippen LogP contribution in [0.5, 0.6) is 0 Å². The van der Waals surface area contributed by atoms with Crippen molar-refractivity contribution in [2.75, 3.05) is 11.9 Å². The predicted octanol–water partition coefficient (Wildman–Crippen LogP) is 2.06. The molecule has 4 heteroatoms. The fraction of sp³-hybridized carbons (Fsp3) is 0.250. The van der Waals surface area contributed by atoms with Gasteiger partial charge in [-0.25, -0.2) is 4.98 Å². The first kappa shape index (κ1) is 8.82. The molecule has 0 bridgehead atoms. The van der Waals surface area contributed by atoms with Gasteiger partial charge in [0.2, 0.25) is 0 Å². The molecule has 0 saturated carbocycles. The molecular formula is C8H8ClN3. The quantitative estimate of drug-likeness (QED) is 0.574. The van der Waals surface area contributed by atoms with E-state index in [9.17, 15) is 0 Å². The summed E-state index contributed by atoms with van der Waals surface area (Å²) in [5.74, 6) is 0. The van der Waals surface area contributed by atoms with Gasteiger partial charge in [-0.05, 0) is 12.1 Å². The second-order valence-electron chi connectivity index (χ2n) is 2.20. The molecule has 0 amide bonds. The summed E-state index contributed by atoms with van der Waals surface area (Å²) < 4.78 is 0. The molecule has 0 aromatic carbocycles. The lowest BCUT2D eigenvalue weighted by molar-refractivity contribution is 1.07. The standard InChI is InChI=1S/C8H8ClN3/c9-8-6-7(2-5-12-8)11-4-1-3-10/h2,5-6H,1,4H2,(H,11,12). The molecule has 12 heavy (non-hydrogen) atoms. The summed E-state index contributed by atoms with van der Waals surface area (Å²) in [7, 11) is 0. The monoisotopic (exact) mass is 181 g/mol. The molecule has 1 heterocycles. The molecule has 0 unspecified atom stereocenters. The van der Waals surface area contributed by atoms with Crippen LogP contribution >= 0.6 is 11.6 Å². The Hall–Kier alpha value is -1.27. The normalized spacial score (nSPS) is 9.00. The van der Waals surface area contributed by atoms with Gasteiger partial charge >= 0.3 is 0 Å². The van der Waals surface area contributed by atoms with Crippen LogP contribution in [-0.4, -0.2) is 11.5 Å². The van der Waals surface area contributed by atoms with Crippen molar-refractivity contribution in [3.8, 4) is 6.07 Å². The number of hydrogen-bond donors (Lipinski definition) is 1. The number of nitrogens with zero attached hydrogens (tertiary/aromatic N) is 2. The Bertz CT molecular complexity index is 293. The SMILES string of the molecule is N#CCCNc1ccnc(Cl)c1. The summed E-state index contributed by atoms with van der Waals surface area (Å²) in [6, 6.07) is 5.57. The van der Waals surface area contributed by atoms with Crippen LogP contribution in [0, 0.1) is 11.3 Å². The predicted molar refractivity (Wildman–Crippen MR) is 48.0 cm³/mol. The van der Waals surface area contributed by atoms with Gasteiger partial charge in [-0.15, -0.1) is 0 Å². The van der Waals surface area contributed by atoms with Crippen molar-refractivity contribution in [3.05, 3.63) is 23.5 Å². The molecule has 1 rings (SSSR count). The number of hydrogen-bond acceptors (Lipinski definition) is 3. The van der Waals surface area contributed by atoms with E-state index >= 15 is 0 Å². The van der Waals surface area contributed by atoms with Crippen molar-refractivity contribution in [2.24, 2.45) is 0 Å². The molecule has 3 nitrogen and oxygen atoms in total. The minimum absolute atomic E-state index is 0.456. The van der Waals surface area contributed by atoms with E-state index in [1.54, 1.807) is 12.3 Å². The highest BCUT2D eigenvalue weighted by Gasteiger charge is 1.92. The van der Waals surface area contributed by atoms with Gasteiger partial charge in [0, 0.05) is 18.4 Å². The molecule has 1 aromatic rings. The Morgan fingerprint density at radius 1 is 1.67 bits per heavy atom. The third-order valence-electron chi connectivity index (χ3n) is 1.29. The largest absolute Gasteiger partial charge is 0.384 e. The summed E-state index contributed by atoms with van der Waals surface area (Å²) in [6.07, 6.45) is 2.11. The highest BCUT2D eigenvalue weighted by Crippen LogP contribution is 2.11. The molecule has 0 aliphatic heterocycles. The van der Waals surface area contributed by atoms with E-state index in [2.05, 4.69) is 10.3 Å². The van der Waals surface area contributed by atoms with E-state index in [-0.39, 0.29) is 0 Å². The van der Waals surface area contributed by atoms with Crippen molar-refractivity contribution < 1.29 is 0 Å². The lowest BCUT2D eigenvalue weighted by Crippen LogP contribution is -1.99. The van der Waals surface area contributed by atoms with E-state index < -0.39 is 0 Å². The van der Waals surface area contributed by atoms with Gasteiger partial charge in [-0.3, -0.25) is 0 Å². The summed E-state index contributed by atoms with van der Waals surface area (Å²) >= 11 is 5.64. The first-order valence-corrected chi connectivity index (χ1v) is 3.93. The maximum Gasteiger partial charge on any atom is 0.131 e. The van der Waals surface area contributed by atoms with E-state index in [1.807, 2.05) is 12.1 Å². The number of aromatic nitrogens is 1. The Morgan fingerprint density at radius 2 is 2.50 bits per heavy atom. The van der Waals surface area contributed by atoms with Crippen molar-refractivity contribution in [3.63, 3.8) is 0 Å². The van der Waals surface area contributed by atoms with Gasteiger partial charge in [0.05, 0.1) is 12.5 Å². The molecule has 0 atom stereocenters. The van der Waals surface area contributed by atoms with Gasteiger partial charge in [0.1, 0.15) is 5.15 Å². The summed E-state index contributed by atoms with van der Waals surface area (Å²) in [5.41, 5.74) is 0.894. The van der Waals surface area contributed by atoms with Crippen LogP contribution in [-0.2, 0) is 0 Å². The van der Waals surface area contributed by atoms with Crippen LogP contribution < -0.4 is 5.32 Å². The number of nitriles is 1. The average molecular weight is 182 g/mol. The molecule has 1 aromatic heterocycles. The van der Waals surface area contributed by atoms with Crippen LogP contribution in [0.3, 0.4) is 0 Å². The van der Waals surface area contributed by atoms with E-state index in [0.29, 0.717) is 18.1 Å². The molecule has 0 fully saturated rings. The number of nitrogens with one attached hydrogen (secondary N) is 1. The Balaban J connectivity index is 2.48. The third-order valence-corrected chi connectivity index (χ3v) is 1.50. The average Bonchev–Trinajstić information content (AvgIpc) is 2.05. The fourth-order valence-corrected chi connectivity index (χ4v) is 0.949. The minimum atomic E-state index is 0.456. The van der Waals surface area contributed by atoms with Crippen LogP contribution in [0.1, 0.15) is 6.42 Å². The first-order chi connectivity index (χ1) is 5.83. The maximum absolute atomic E-state index is 8.27. The van der Waals surface area contributed by atoms with Gasteiger partial charge in [-0.2, -0.15) is 5.26 Å². The van der Waals surface area contributed by atoms with Crippen LogP contribution in [0.15, 0.2) is 18.3 Å². The second-order valence-corrected chi connectivity index (χ2v) is 2.59. The van der Waals surface area contributed by atoms with Gasteiger partial charge in [0.25, 0.3) is 0 Å². The highest BCUT2D eigenvalue weighted by atomic mass is 35.5. The molecule has 0 saturated heterocycles. The minimum Gasteiger partial charge on any atom is -0.384 e. The van der Waals surface area contributed by atoms with E-state index in [1.165, 1.54) is 0 Å². The van der Waals surface area contributed by atoms with Gasteiger partial charge in [-0.1, -0.05) is 11.6 Å². The van der Waals surface area contributed by atoms with Gasteiger partial charge in [0.15, 0.2) is 0 Å². The lowest BCUT2D eigenvalue weighted by atomic mass is 10.4. The summed E-state index contributed by atoms with van der Waals surface area (Å²) in [4.78, 5) is 3.83. The Morgan fingerprint density at radius 3 is 3.17 bits per heavy atom. The van der Waals surface area contributed by atoms with Crippen molar-refractivity contribution >= 4 is 17.3 Å². The van der Waals surface area contributed by atoms with Crippen LogP contribution in [0.2, 0.25) is 5.15 Å². The highest BCUT2D eigenvalue weighted by molar-refractivity contribution is 6.29. The second kappa shape index (κ2) is 4.58. The molecule has 62 valence electrons. The molecule has 0 aliphatic rings. The van der Waals surface area contributed by atoms with Crippen molar-refractivity contribution in [1.82, 2.24) is 4.98 Å². The Labute approximate surface area is 76.0 Å². The smallest absolute Gasteiger partial charge is 0.131 e. The summed E-state index contributed by atoms with van der Waals surface area (Å²) in [6.45, 7) is 0.636. The molecule has 0 aliphatic carbocycles. The molecule has 0 radical (unpaired) electrons. The topological polar surface area (TPSA) is 48.7 Å². The number of halogens is 1.